The van der Waals surface area contributed by atoms with Crippen molar-refractivity contribution in [2.45, 2.75) is 13.5 Å². The summed E-state index contributed by atoms with van der Waals surface area (Å²) in [5.41, 5.74) is 1.04. The van der Waals surface area contributed by atoms with Crippen molar-refractivity contribution >= 4 is 17.0 Å². The number of hydrogen-bond acceptors (Lipinski definition) is 4. The first-order valence-electron chi connectivity index (χ1n) is 5.07. The Labute approximate surface area is 103 Å². The molecule has 0 unspecified atom stereocenters. The Kier molecular flexibility index (Phi) is 3.39. The zero-order valence-corrected chi connectivity index (χ0v) is 10.1. The second kappa shape index (κ2) is 4.97. The minimum Gasteiger partial charge on any atom is -0.481 e. The lowest BCUT2D eigenvalue weighted by Gasteiger charge is -2.05. The second-order valence-electron chi connectivity index (χ2n) is 3.54. The van der Waals surface area contributed by atoms with Gasteiger partial charge in [-0.1, -0.05) is 30.3 Å². The summed E-state index contributed by atoms with van der Waals surface area (Å²) in [5, 5.41) is 12.3. The van der Waals surface area contributed by atoms with E-state index in [1.807, 2.05) is 37.3 Å². The van der Waals surface area contributed by atoms with E-state index in [2.05, 4.69) is 0 Å². The Morgan fingerprint density at radius 3 is 2.71 bits per heavy atom. The topological polar surface area (TPSA) is 52.4 Å². The van der Waals surface area contributed by atoms with Gasteiger partial charge in [-0.3, -0.25) is 10.1 Å². The minimum atomic E-state index is -0.413. The number of nitro groups is 1. The smallest absolute Gasteiger partial charge is 0.321 e. The maximum Gasteiger partial charge on any atom is 0.321 e. The number of thiophene rings is 1. The van der Waals surface area contributed by atoms with Gasteiger partial charge in [0, 0.05) is 0 Å². The minimum absolute atomic E-state index is 0.0448. The number of ether oxygens (including phenoxy) is 1. The molecule has 1 aromatic carbocycles. The van der Waals surface area contributed by atoms with Gasteiger partial charge in [0.1, 0.15) is 6.61 Å². The van der Waals surface area contributed by atoms with Crippen molar-refractivity contribution in [2.24, 2.45) is 0 Å². The van der Waals surface area contributed by atoms with Crippen molar-refractivity contribution < 1.29 is 9.66 Å². The molecule has 17 heavy (non-hydrogen) atoms. The highest BCUT2D eigenvalue weighted by Crippen LogP contribution is 2.36. The van der Waals surface area contributed by atoms with Crippen LogP contribution in [-0.4, -0.2) is 4.92 Å². The van der Waals surface area contributed by atoms with Crippen molar-refractivity contribution in [1.29, 1.82) is 0 Å². The lowest BCUT2D eigenvalue weighted by Crippen LogP contribution is -1.97. The van der Waals surface area contributed by atoms with Gasteiger partial charge in [0.2, 0.25) is 5.75 Å². The first kappa shape index (κ1) is 11.6. The summed E-state index contributed by atoms with van der Waals surface area (Å²) in [6, 6.07) is 9.59. The molecule has 0 radical (unpaired) electrons. The van der Waals surface area contributed by atoms with Gasteiger partial charge in [-0.25, -0.2) is 0 Å². The van der Waals surface area contributed by atoms with Crippen LogP contribution in [0.1, 0.15) is 10.4 Å². The monoisotopic (exact) mass is 249 g/mol. The number of rotatable bonds is 4. The summed E-state index contributed by atoms with van der Waals surface area (Å²) in [7, 11) is 0. The molecule has 0 N–H and O–H groups in total. The molecule has 88 valence electrons. The fourth-order valence-corrected chi connectivity index (χ4v) is 2.21. The first-order chi connectivity index (χ1) is 8.18. The Hall–Kier alpha value is -1.88. The zero-order chi connectivity index (χ0) is 12.3. The van der Waals surface area contributed by atoms with Crippen LogP contribution in [0.15, 0.2) is 35.7 Å². The number of nitrogens with zero attached hydrogens (tertiary/aromatic N) is 1. The number of aryl methyl sites for hydroxylation is 1. The van der Waals surface area contributed by atoms with Crippen LogP contribution in [0.5, 0.6) is 5.75 Å². The molecule has 0 spiro atoms. The molecule has 0 aliphatic heterocycles. The Balaban J connectivity index is 2.14. The standard InChI is InChI=1S/C12H11NO3S/c1-9-12(11(8-17-9)13(14)15)16-7-10-5-3-2-4-6-10/h2-6,8H,7H2,1H3. The lowest BCUT2D eigenvalue weighted by atomic mass is 10.2. The fraction of sp³-hybridized carbons (Fsp3) is 0.167. The Morgan fingerprint density at radius 1 is 1.35 bits per heavy atom. The highest BCUT2D eigenvalue weighted by atomic mass is 32.1. The molecule has 5 heteroatoms. The van der Waals surface area contributed by atoms with E-state index in [0.717, 1.165) is 10.4 Å². The molecule has 0 bridgehead atoms. The summed E-state index contributed by atoms with van der Waals surface area (Å²) in [4.78, 5) is 11.2. The SMILES string of the molecule is Cc1scc([N+](=O)[O-])c1OCc1ccccc1. The summed E-state index contributed by atoms with van der Waals surface area (Å²) < 4.78 is 5.52. The molecule has 4 nitrogen and oxygen atoms in total. The van der Waals surface area contributed by atoms with Gasteiger partial charge in [0.15, 0.2) is 0 Å². The van der Waals surface area contributed by atoms with E-state index in [1.54, 1.807) is 0 Å². The van der Waals surface area contributed by atoms with E-state index in [1.165, 1.54) is 16.7 Å². The van der Waals surface area contributed by atoms with E-state index in [-0.39, 0.29) is 5.69 Å². The van der Waals surface area contributed by atoms with Crippen LogP contribution in [0.25, 0.3) is 0 Å². The van der Waals surface area contributed by atoms with Crippen LogP contribution in [0, 0.1) is 17.0 Å². The normalized spacial score (nSPS) is 10.2. The summed E-state index contributed by atoms with van der Waals surface area (Å²) in [5.74, 6) is 0.379. The number of benzene rings is 1. The van der Waals surface area contributed by atoms with E-state index in [9.17, 15) is 10.1 Å². The molecule has 1 heterocycles. The van der Waals surface area contributed by atoms with Crippen molar-refractivity contribution in [3.05, 3.63) is 56.3 Å². The molecule has 0 saturated carbocycles. The van der Waals surface area contributed by atoms with Crippen LogP contribution in [0.3, 0.4) is 0 Å². The van der Waals surface area contributed by atoms with Crippen molar-refractivity contribution in [1.82, 2.24) is 0 Å². The van der Waals surface area contributed by atoms with Gasteiger partial charge in [0.25, 0.3) is 0 Å². The van der Waals surface area contributed by atoms with Crippen LogP contribution in [0.4, 0.5) is 5.69 Å². The van der Waals surface area contributed by atoms with Crippen LogP contribution < -0.4 is 4.74 Å². The van der Waals surface area contributed by atoms with E-state index in [4.69, 9.17) is 4.74 Å². The summed E-state index contributed by atoms with van der Waals surface area (Å²) in [6.07, 6.45) is 0. The average Bonchev–Trinajstić information content (AvgIpc) is 2.69. The zero-order valence-electron chi connectivity index (χ0n) is 9.25. The highest BCUT2D eigenvalue weighted by molar-refractivity contribution is 7.10. The van der Waals surface area contributed by atoms with Crippen LogP contribution in [-0.2, 0) is 6.61 Å². The molecule has 0 amide bonds. The van der Waals surface area contributed by atoms with Crippen molar-refractivity contribution in [3.8, 4) is 5.75 Å². The number of hydrogen-bond donors (Lipinski definition) is 0. The Bertz CT molecular complexity index is 522. The molecule has 1 aromatic heterocycles. The molecule has 0 aliphatic carbocycles. The average molecular weight is 249 g/mol. The predicted octanol–water partition coefficient (Wildman–Crippen LogP) is 3.54. The molecule has 0 fully saturated rings. The fourth-order valence-electron chi connectivity index (χ4n) is 1.46. The first-order valence-corrected chi connectivity index (χ1v) is 5.95. The molecule has 0 atom stereocenters. The second-order valence-corrected chi connectivity index (χ2v) is 4.62. The van der Waals surface area contributed by atoms with Gasteiger partial charge < -0.3 is 4.74 Å². The van der Waals surface area contributed by atoms with Crippen LogP contribution in [0.2, 0.25) is 0 Å². The lowest BCUT2D eigenvalue weighted by molar-refractivity contribution is -0.385. The summed E-state index contributed by atoms with van der Waals surface area (Å²) >= 11 is 1.33. The van der Waals surface area contributed by atoms with E-state index < -0.39 is 4.92 Å². The van der Waals surface area contributed by atoms with Gasteiger partial charge >= 0.3 is 5.69 Å². The predicted molar refractivity (Wildman–Crippen MR) is 66.5 cm³/mol. The van der Waals surface area contributed by atoms with E-state index >= 15 is 0 Å². The molecule has 0 saturated heterocycles. The van der Waals surface area contributed by atoms with Gasteiger partial charge in [-0.2, -0.15) is 0 Å². The third kappa shape index (κ3) is 2.62. The molecule has 2 aromatic rings. The highest BCUT2D eigenvalue weighted by Gasteiger charge is 2.19. The third-order valence-corrected chi connectivity index (χ3v) is 3.20. The molecular weight excluding hydrogens is 238 g/mol. The van der Waals surface area contributed by atoms with Crippen molar-refractivity contribution in [2.75, 3.05) is 0 Å². The largest absolute Gasteiger partial charge is 0.481 e. The quantitative estimate of drug-likeness (QED) is 0.615. The molecule has 0 aliphatic rings. The van der Waals surface area contributed by atoms with Gasteiger partial charge in [0.05, 0.1) is 15.2 Å². The maximum absolute atomic E-state index is 10.8. The molecule has 2 rings (SSSR count). The van der Waals surface area contributed by atoms with Gasteiger partial charge in [-0.05, 0) is 12.5 Å². The van der Waals surface area contributed by atoms with Gasteiger partial charge in [-0.15, -0.1) is 11.3 Å². The van der Waals surface area contributed by atoms with Crippen molar-refractivity contribution in [3.63, 3.8) is 0 Å². The Morgan fingerprint density at radius 2 is 2.06 bits per heavy atom. The summed E-state index contributed by atoms with van der Waals surface area (Å²) in [6.45, 7) is 2.16. The maximum atomic E-state index is 10.8. The van der Waals surface area contributed by atoms with Crippen LogP contribution >= 0.6 is 11.3 Å². The van der Waals surface area contributed by atoms with E-state index in [0.29, 0.717) is 12.4 Å². The third-order valence-electron chi connectivity index (χ3n) is 2.32. The molecular formula is C12H11NO3S.